The van der Waals surface area contributed by atoms with Crippen LogP contribution in [0.4, 0.5) is 0 Å². The van der Waals surface area contributed by atoms with Gasteiger partial charge in [0.05, 0.1) is 17.0 Å². The zero-order valence-corrected chi connectivity index (χ0v) is 16.5. The summed E-state index contributed by atoms with van der Waals surface area (Å²) in [7, 11) is -0.431. The van der Waals surface area contributed by atoms with E-state index in [1.165, 1.54) is 6.42 Å². The predicted octanol–water partition coefficient (Wildman–Crippen LogP) is 3.98. The van der Waals surface area contributed by atoms with Crippen LogP contribution in [0.5, 0.6) is 0 Å². The number of rotatable bonds is 4. The molecule has 0 N–H and O–H groups in total. The largest absolute Gasteiger partial charge is 0.476 e. The quantitative estimate of drug-likeness (QED) is 0.434. The fourth-order valence-electron chi connectivity index (χ4n) is 4.84. The van der Waals surface area contributed by atoms with Gasteiger partial charge in [0.1, 0.15) is 5.60 Å². The second-order valence-electron chi connectivity index (χ2n) is 9.48. The number of hydrogen-bond acceptors (Lipinski definition) is 4. The molecule has 0 spiro atoms. The van der Waals surface area contributed by atoms with Crippen molar-refractivity contribution in [3.8, 4) is 0 Å². The van der Waals surface area contributed by atoms with Gasteiger partial charge < -0.3 is 14.0 Å². The van der Waals surface area contributed by atoms with Crippen LogP contribution < -0.4 is 0 Å². The summed E-state index contributed by atoms with van der Waals surface area (Å²) in [6.07, 6.45) is 3.18. The molecule has 0 aromatic carbocycles. The van der Waals surface area contributed by atoms with Gasteiger partial charge in [-0.1, -0.05) is 13.8 Å². The van der Waals surface area contributed by atoms with Crippen molar-refractivity contribution in [3.63, 3.8) is 0 Å². The van der Waals surface area contributed by atoms with Crippen LogP contribution in [0, 0.1) is 17.3 Å². The lowest BCUT2D eigenvalue weighted by molar-refractivity contribution is -0.199. The molecule has 0 aromatic heterocycles. The SMILES string of the molecule is CC(C)(C)OC(=O)CCC(Cl)B1OC2CC3CC(C3(C)C)[C@@]2(C)O1. The first-order valence-corrected chi connectivity index (χ1v) is 9.56. The van der Waals surface area contributed by atoms with Crippen molar-refractivity contribution in [2.24, 2.45) is 17.3 Å². The van der Waals surface area contributed by atoms with E-state index in [0.717, 1.165) is 12.3 Å². The Hall–Kier alpha value is -0.255. The Kier molecular flexibility index (Phi) is 4.55. The van der Waals surface area contributed by atoms with E-state index in [0.29, 0.717) is 17.8 Å². The maximum Gasteiger partial charge on any atom is 0.476 e. The molecule has 1 aliphatic heterocycles. The number of hydrogen-bond donors (Lipinski definition) is 0. The van der Waals surface area contributed by atoms with Gasteiger partial charge in [0.15, 0.2) is 0 Å². The molecule has 4 unspecified atom stereocenters. The Bertz CT molecular complexity index is 518. The van der Waals surface area contributed by atoms with Crippen molar-refractivity contribution in [1.29, 1.82) is 0 Å². The zero-order chi connectivity index (χ0) is 17.9. The summed E-state index contributed by atoms with van der Waals surface area (Å²) in [5, 5.41) is -0.333. The van der Waals surface area contributed by atoms with Crippen LogP contribution in [-0.2, 0) is 18.8 Å². The summed E-state index contributed by atoms with van der Waals surface area (Å²) in [4.78, 5) is 11.9. The van der Waals surface area contributed by atoms with Crippen LogP contribution in [0.25, 0.3) is 0 Å². The van der Waals surface area contributed by atoms with Gasteiger partial charge in [-0.2, -0.15) is 0 Å². The molecule has 0 aromatic rings. The number of carbonyl (C=O) groups excluding carboxylic acids is 1. The van der Waals surface area contributed by atoms with Crippen molar-refractivity contribution in [3.05, 3.63) is 0 Å². The van der Waals surface area contributed by atoms with E-state index in [-0.39, 0.29) is 29.4 Å². The molecule has 3 aliphatic carbocycles. The molecule has 136 valence electrons. The molecule has 1 saturated heterocycles. The van der Waals surface area contributed by atoms with Gasteiger partial charge >= 0.3 is 13.1 Å². The van der Waals surface area contributed by atoms with Gasteiger partial charge in [0.2, 0.25) is 0 Å². The molecule has 3 saturated carbocycles. The van der Waals surface area contributed by atoms with Crippen molar-refractivity contribution >= 4 is 24.7 Å². The zero-order valence-electron chi connectivity index (χ0n) is 15.7. The smallest absolute Gasteiger partial charge is 0.460 e. The van der Waals surface area contributed by atoms with Crippen LogP contribution in [-0.4, -0.2) is 35.7 Å². The minimum absolute atomic E-state index is 0.127. The summed E-state index contributed by atoms with van der Waals surface area (Å²) in [5.41, 5.74) is -0.391. The maximum atomic E-state index is 11.9. The summed E-state index contributed by atoms with van der Waals surface area (Å²) >= 11 is 6.50. The van der Waals surface area contributed by atoms with Crippen LogP contribution in [0.15, 0.2) is 0 Å². The van der Waals surface area contributed by atoms with Gasteiger partial charge in [-0.15, -0.1) is 11.6 Å². The summed E-state index contributed by atoms with van der Waals surface area (Å²) in [6.45, 7) is 12.5. The number of esters is 1. The summed E-state index contributed by atoms with van der Waals surface area (Å²) < 4.78 is 17.8. The second-order valence-corrected chi connectivity index (χ2v) is 10.0. The highest BCUT2D eigenvalue weighted by Crippen LogP contribution is 2.65. The van der Waals surface area contributed by atoms with Crippen LogP contribution in [0.3, 0.4) is 0 Å². The molecular weight excluding hydrogens is 326 g/mol. The molecule has 2 bridgehead atoms. The van der Waals surface area contributed by atoms with E-state index < -0.39 is 12.7 Å². The Morgan fingerprint density at radius 1 is 1.33 bits per heavy atom. The Morgan fingerprint density at radius 2 is 2.00 bits per heavy atom. The third kappa shape index (κ3) is 3.12. The van der Waals surface area contributed by atoms with Crippen molar-refractivity contribution in [2.75, 3.05) is 0 Å². The predicted molar refractivity (Wildman–Crippen MR) is 94.8 cm³/mol. The van der Waals surface area contributed by atoms with Gasteiger partial charge in [-0.3, -0.25) is 4.79 Å². The van der Waals surface area contributed by atoms with E-state index in [4.69, 9.17) is 25.6 Å². The second kappa shape index (κ2) is 5.89. The van der Waals surface area contributed by atoms with E-state index >= 15 is 0 Å². The van der Waals surface area contributed by atoms with Crippen molar-refractivity contribution in [1.82, 2.24) is 0 Å². The summed E-state index contributed by atoms with van der Waals surface area (Å²) in [5.74, 6) is 1.02. The molecule has 0 radical (unpaired) electrons. The third-order valence-corrected chi connectivity index (χ3v) is 6.73. The molecule has 4 nitrogen and oxygen atoms in total. The minimum Gasteiger partial charge on any atom is -0.460 e. The van der Waals surface area contributed by atoms with E-state index in [1.807, 2.05) is 20.8 Å². The maximum absolute atomic E-state index is 11.9. The number of alkyl halides is 1. The van der Waals surface area contributed by atoms with Crippen molar-refractivity contribution in [2.45, 2.75) is 89.8 Å². The average molecular weight is 357 g/mol. The molecule has 6 heteroatoms. The topological polar surface area (TPSA) is 44.8 Å². The fraction of sp³-hybridized carbons (Fsp3) is 0.944. The molecular formula is C18H30BClO4. The van der Waals surface area contributed by atoms with E-state index in [2.05, 4.69) is 20.8 Å². The normalized spacial score (nSPS) is 38.3. The highest BCUT2D eigenvalue weighted by atomic mass is 35.5. The van der Waals surface area contributed by atoms with Gasteiger partial charge in [0, 0.05) is 6.42 Å². The molecule has 4 rings (SSSR count). The van der Waals surface area contributed by atoms with Crippen LogP contribution >= 0.6 is 11.6 Å². The highest BCUT2D eigenvalue weighted by molar-refractivity contribution is 6.59. The monoisotopic (exact) mass is 356 g/mol. The first-order chi connectivity index (χ1) is 10.9. The Labute approximate surface area is 151 Å². The molecule has 5 atom stereocenters. The summed E-state index contributed by atoms with van der Waals surface area (Å²) in [6, 6.07) is 0. The van der Waals surface area contributed by atoms with E-state index in [1.54, 1.807) is 0 Å². The molecule has 24 heavy (non-hydrogen) atoms. The van der Waals surface area contributed by atoms with E-state index in [9.17, 15) is 4.79 Å². The number of ether oxygens (including phenoxy) is 1. The first kappa shape index (κ1) is 18.5. The minimum atomic E-state index is -0.464. The lowest BCUT2D eigenvalue weighted by Gasteiger charge is -2.64. The van der Waals surface area contributed by atoms with Crippen LogP contribution in [0.2, 0.25) is 0 Å². The van der Waals surface area contributed by atoms with Gasteiger partial charge in [0.25, 0.3) is 0 Å². The highest BCUT2D eigenvalue weighted by Gasteiger charge is 2.68. The number of carbonyl (C=O) groups is 1. The third-order valence-electron chi connectivity index (χ3n) is 6.31. The lowest BCUT2D eigenvalue weighted by atomic mass is 9.43. The Morgan fingerprint density at radius 3 is 2.58 bits per heavy atom. The lowest BCUT2D eigenvalue weighted by Crippen LogP contribution is -2.65. The fourth-order valence-corrected chi connectivity index (χ4v) is 5.06. The molecule has 4 fully saturated rings. The number of halogens is 1. The van der Waals surface area contributed by atoms with Crippen LogP contribution in [0.1, 0.15) is 67.2 Å². The Balaban J connectivity index is 1.55. The average Bonchev–Trinajstić information content (AvgIpc) is 2.79. The van der Waals surface area contributed by atoms with Gasteiger partial charge in [-0.05, 0) is 64.2 Å². The first-order valence-electron chi connectivity index (χ1n) is 9.12. The standard InChI is InChI=1S/C18H30BClO4/c1-16(2,3)22-15(21)8-7-14(20)19-23-13-10-11-9-12(17(11,4)5)18(13,6)24-19/h11-14H,7-10H2,1-6H3/t11?,12?,13?,14?,18-/m1/s1. The molecule has 0 amide bonds. The molecule has 4 aliphatic rings. The van der Waals surface area contributed by atoms with Gasteiger partial charge in [-0.25, -0.2) is 0 Å². The van der Waals surface area contributed by atoms with Crippen molar-refractivity contribution < 1.29 is 18.8 Å². The molecule has 1 heterocycles.